The zero-order valence-electron chi connectivity index (χ0n) is 12.0. The van der Waals surface area contributed by atoms with Crippen molar-refractivity contribution in [2.24, 2.45) is 0 Å². The van der Waals surface area contributed by atoms with Crippen molar-refractivity contribution in [1.29, 1.82) is 0 Å². The van der Waals surface area contributed by atoms with Crippen LogP contribution in [0.5, 0.6) is 0 Å². The maximum absolute atomic E-state index is 11.9. The van der Waals surface area contributed by atoms with Crippen LogP contribution >= 0.6 is 12.2 Å². The Morgan fingerprint density at radius 1 is 1.45 bits per heavy atom. The molecule has 1 aromatic carbocycles. The molecule has 6 heteroatoms. The molecule has 2 aliphatic heterocycles. The van der Waals surface area contributed by atoms with Crippen LogP contribution in [0.3, 0.4) is 0 Å². The number of nitrogens with zero attached hydrogens (tertiary/aromatic N) is 1. The minimum absolute atomic E-state index is 0.102. The number of esters is 1. The minimum Gasteiger partial charge on any atom is -0.472 e. The molecule has 2 heterocycles. The van der Waals surface area contributed by atoms with E-state index in [4.69, 9.17) is 21.7 Å². The van der Waals surface area contributed by atoms with E-state index >= 15 is 0 Å². The molecule has 0 aliphatic carbocycles. The zero-order chi connectivity index (χ0) is 15.7. The van der Waals surface area contributed by atoms with E-state index < -0.39 is 12.0 Å². The van der Waals surface area contributed by atoms with Crippen LogP contribution in [0.4, 0.5) is 0 Å². The van der Waals surface area contributed by atoms with Gasteiger partial charge < -0.3 is 9.47 Å². The fourth-order valence-corrected chi connectivity index (χ4v) is 2.82. The number of amides is 1. The Hall–Kier alpha value is -2.21. The summed E-state index contributed by atoms with van der Waals surface area (Å²) in [6, 6.07) is 8.85. The van der Waals surface area contributed by atoms with Gasteiger partial charge in [0, 0.05) is 11.3 Å². The highest BCUT2D eigenvalue weighted by Crippen LogP contribution is 2.37. The van der Waals surface area contributed by atoms with Crippen molar-refractivity contribution in [3.8, 4) is 0 Å². The average molecular weight is 317 g/mol. The van der Waals surface area contributed by atoms with E-state index in [1.165, 1.54) is 12.0 Å². The summed E-state index contributed by atoms with van der Waals surface area (Å²) in [6.45, 7) is 0. The van der Waals surface area contributed by atoms with Crippen LogP contribution in [0.25, 0.3) is 0 Å². The van der Waals surface area contributed by atoms with E-state index in [-0.39, 0.29) is 12.1 Å². The molecule has 0 aromatic heterocycles. The second kappa shape index (κ2) is 5.88. The van der Waals surface area contributed by atoms with Gasteiger partial charge in [-0.15, -0.1) is 0 Å². The molecular weight excluding hydrogens is 302 g/mol. The highest BCUT2D eigenvalue weighted by Gasteiger charge is 2.54. The van der Waals surface area contributed by atoms with Gasteiger partial charge in [0.05, 0.1) is 13.5 Å². The summed E-state index contributed by atoms with van der Waals surface area (Å²) in [5.41, 5.74) is 0.960. The summed E-state index contributed by atoms with van der Waals surface area (Å²) < 4.78 is 10.4. The number of hydrogen-bond acceptors (Lipinski definition) is 5. The highest BCUT2D eigenvalue weighted by molar-refractivity contribution is 7.80. The number of carbonyl (C=O) groups excluding carboxylic acids is 2. The number of allylic oxidation sites excluding steroid dienone is 1. The number of β-lactam (4-membered cyclic amide) rings is 1. The number of fused-ring (bicyclic) bond motifs is 1. The number of carbonyl (C=O) groups is 2. The van der Waals surface area contributed by atoms with E-state index in [9.17, 15) is 9.59 Å². The number of methoxy groups -OCH3 is 1. The summed E-state index contributed by atoms with van der Waals surface area (Å²) in [5, 5.41) is 0. The van der Waals surface area contributed by atoms with E-state index in [0.29, 0.717) is 18.6 Å². The van der Waals surface area contributed by atoms with Crippen LogP contribution in [0.2, 0.25) is 0 Å². The SMILES string of the molecule is COC(=O)C1/C(=C/CC(=S)c2ccccc2)OC2CC(=O)N21. The van der Waals surface area contributed by atoms with Gasteiger partial charge in [-0.1, -0.05) is 42.5 Å². The second-order valence-corrected chi connectivity index (χ2v) is 5.60. The molecule has 2 aliphatic rings. The molecule has 114 valence electrons. The molecule has 1 aromatic rings. The Balaban J connectivity index is 1.76. The van der Waals surface area contributed by atoms with Crippen molar-refractivity contribution in [3.63, 3.8) is 0 Å². The normalized spacial score (nSPS) is 24.5. The smallest absolute Gasteiger partial charge is 0.336 e. The van der Waals surface area contributed by atoms with Gasteiger partial charge in [0.2, 0.25) is 5.91 Å². The van der Waals surface area contributed by atoms with E-state index in [2.05, 4.69) is 0 Å². The molecule has 2 saturated heterocycles. The number of benzene rings is 1. The van der Waals surface area contributed by atoms with Crippen molar-refractivity contribution in [2.45, 2.75) is 25.1 Å². The monoisotopic (exact) mass is 317 g/mol. The third kappa shape index (κ3) is 2.50. The first kappa shape index (κ1) is 14.7. The number of hydrogen-bond donors (Lipinski definition) is 0. The van der Waals surface area contributed by atoms with Gasteiger partial charge in [-0.25, -0.2) is 4.79 Å². The standard InChI is InChI=1S/C16H15NO4S/c1-20-16(19)15-11(21-14-9-13(18)17(14)15)7-8-12(22)10-5-3-2-4-6-10/h2-7,14-15H,8-9H2,1H3/b11-7-. The third-order valence-electron chi connectivity index (χ3n) is 3.78. The van der Waals surface area contributed by atoms with Crippen LogP contribution in [-0.2, 0) is 19.1 Å². The second-order valence-electron chi connectivity index (χ2n) is 5.10. The van der Waals surface area contributed by atoms with Gasteiger partial charge >= 0.3 is 5.97 Å². The lowest BCUT2D eigenvalue weighted by Crippen LogP contribution is -2.55. The maximum atomic E-state index is 11.9. The minimum atomic E-state index is -0.783. The summed E-state index contributed by atoms with van der Waals surface area (Å²) in [5.74, 6) is -0.150. The Bertz CT molecular complexity index is 655. The molecule has 2 atom stereocenters. The quantitative estimate of drug-likeness (QED) is 0.367. The molecule has 0 spiro atoms. The molecule has 1 amide bonds. The van der Waals surface area contributed by atoms with Crippen molar-refractivity contribution in [2.75, 3.05) is 7.11 Å². The van der Waals surface area contributed by atoms with Gasteiger partial charge in [0.1, 0.15) is 5.76 Å². The van der Waals surface area contributed by atoms with Gasteiger partial charge in [-0.2, -0.15) is 0 Å². The highest BCUT2D eigenvalue weighted by atomic mass is 32.1. The fourth-order valence-electron chi connectivity index (χ4n) is 2.60. The largest absolute Gasteiger partial charge is 0.472 e. The van der Waals surface area contributed by atoms with Gasteiger partial charge in [0.25, 0.3) is 0 Å². The lowest BCUT2D eigenvalue weighted by molar-refractivity contribution is -0.164. The molecule has 0 bridgehead atoms. The Labute approximate surface area is 133 Å². The molecule has 5 nitrogen and oxygen atoms in total. The summed E-state index contributed by atoms with van der Waals surface area (Å²) in [4.78, 5) is 25.7. The van der Waals surface area contributed by atoms with Crippen molar-refractivity contribution in [3.05, 3.63) is 47.7 Å². The van der Waals surface area contributed by atoms with E-state index in [1.54, 1.807) is 6.08 Å². The first-order chi connectivity index (χ1) is 10.6. The Morgan fingerprint density at radius 2 is 2.18 bits per heavy atom. The molecule has 0 saturated carbocycles. The maximum Gasteiger partial charge on any atom is 0.336 e. The third-order valence-corrected chi connectivity index (χ3v) is 4.18. The summed E-state index contributed by atoms with van der Waals surface area (Å²) in [6.07, 6.45) is 2.18. The first-order valence-electron chi connectivity index (χ1n) is 6.95. The number of rotatable bonds is 4. The van der Waals surface area contributed by atoms with Crippen LogP contribution in [0.1, 0.15) is 18.4 Å². The molecular formula is C16H15NO4S. The van der Waals surface area contributed by atoms with Gasteiger partial charge in [0.15, 0.2) is 12.3 Å². The number of ether oxygens (including phenoxy) is 2. The van der Waals surface area contributed by atoms with E-state index in [1.807, 2.05) is 30.3 Å². The van der Waals surface area contributed by atoms with Crippen LogP contribution in [0.15, 0.2) is 42.2 Å². The van der Waals surface area contributed by atoms with Gasteiger partial charge in [-0.3, -0.25) is 9.69 Å². The molecule has 2 unspecified atom stereocenters. The lowest BCUT2D eigenvalue weighted by Gasteiger charge is -2.33. The number of thiocarbonyl (C=S) groups is 1. The first-order valence-corrected chi connectivity index (χ1v) is 7.36. The van der Waals surface area contributed by atoms with Crippen molar-refractivity contribution in [1.82, 2.24) is 4.90 Å². The van der Waals surface area contributed by atoms with Crippen LogP contribution < -0.4 is 0 Å². The predicted octanol–water partition coefficient (Wildman–Crippen LogP) is 1.81. The summed E-state index contributed by atoms with van der Waals surface area (Å²) in [7, 11) is 1.30. The molecule has 0 N–H and O–H groups in total. The Kier molecular flexibility index (Phi) is 3.94. The molecule has 22 heavy (non-hydrogen) atoms. The van der Waals surface area contributed by atoms with E-state index in [0.717, 1.165) is 10.4 Å². The molecule has 3 rings (SSSR count). The van der Waals surface area contributed by atoms with Crippen molar-refractivity contribution >= 4 is 29.0 Å². The van der Waals surface area contributed by atoms with Crippen LogP contribution in [-0.4, -0.2) is 41.0 Å². The molecule has 0 radical (unpaired) electrons. The molecule has 2 fully saturated rings. The topological polar surface area (TPSA) is 55.8 Å². The fraction of sp³-hybridized carbons (Fsp3) is 0.312. The zero-order valence-corrected chi connectivity index (χ0v) is 12.8. The lowest BCUT2D eigenvalue weighted by atomic mass is 10.1. The summed E-state index contributed by atoms with van der Waals surface area (Å²) >= 11 is 5.39. The average Bonchev–Trinajstić information content (AvgIpc) is 2.84. The Morgan fingerprint density at radius 3 is 2.82 bits per heavy atom. The van der Waals surface area contributed by atoms with Crippen molar-refractivity contribution < 1.29 is 19.1 Å². The van der Waals surface area contributed by atoms with Gasteiger partial charge in [-0.05, 0) is 11.6 Å². The predicted molar refractivity (Wildman–Crippen MR) is 83.0 cm³/mol. The van der Waals surface area contributed by atoms with Crippen LogP contribution in [0, 0.1) is 0 Å².